The fraction of sp³-hybridized carbons (Fsp3) is 0.636. The molecule has 176 valence electrons. The van der Waals surface area contributed by atoms with Gasteiger partial charge in [0.2, 0.25) is 5.75 Å². The average molecular weight is 442 g/mol. The van der Waals surface area contributed by atoms with Crippen molar-refractivity contribution in [1.29, 1.82) is 0 Å². The van der Waals surface area contributed by atoms with Crippen molar-refractivity contribution >= 4 is 11.9 Å². The van der Waals surface area contributed by atoms with Crippen LogP contribution in [-0.4, -0.2) is 63.2 Å². The van der Waals surface area contributed by atoms with Crippen LogP contribution in [0.25, 0.3) is 0 Å². The van der Waals surface area contributed by atoms with Crippen molar-refractivity contribution in [3.05, 3.63) is 17.7 Å². The normalized spacial score (nSPS) is 12.7. The zero-order chi connectivity index (χ0) is 23.8. The molecule has 0 aliphatic rings. The lowest BCUT2D eigenvalue weighted by atomic mass is 10.1. The maximum absolute atomic E-state index is 12.4. The van der Waals surface area contributed by atoms with Crippen molar-refractivity contribution in [2.75, 3.05) is 34.0 Å². The minimum atomic E-state index is -0.892. The summed E-state index contributed by atoms with van der Waals surface area (Å²) in [6.45, 7) is 10.9. The maximum Gasteiger partial charge on any atom is 0.338 e. The first-order valence-corrected chi connectivity index (χ1v) is 9.95. The van der Waals surface area contributed by atoms with Crippen LogP contribution in [0.15, 0.2) is 12.1 Å². The summed E-state index contributed by atoms with van der Waals surface area (Å²) in [7, 11) is 2.91. The highest BCUT2D eigenvalue weighted by Crippen LogP contribution is 2.39. The molecule has 0 amide bonds. The molecular weight excluding hydrogens is 406 g/mol. The molecular formula is C22H35NO8. The number of hydrogen-bond donors (Lipinski definition) is 1. The number of carbonyl (C=O) groups excluding carboxylic acids is 2. The second-order valence-electron chi connectivity index (χ2n) is 8.78. The third kappa shape index (κ3) is 9.44. The summed E-state index contributed by atoms with van der Waals surface area (Å²) in [6.07, 6.45) is 0. The van der Waals surface area contributed by atoms with Gasteiger partial charge in [0.1, 0.15) is 23.9 Å². The quantitative estimate of drug-likeness (QED) is 0.432. The van der Waals surface area contributed by atoms with Crippen molar-refractivity contribution in [3.63, 3.8) is 0 Å². The van der Waals surface area contributed by atoms with E-state index in [-0.39, 0.29) is 25.4 Å². The molecule has 1 aromatic carbocycles. The minimum Gasteiger partial charge on any atom is -0.493 e. The number of methoxy groups -OCH3 is 2. The smallest absolute Gasteiger partial charge is 0.338 e. The van der Waals surface area contributed by atoms with Crippen molar-refractivity contribution in [2.24, 2.45) is 5.73 Å². The van der Waals surface area contributed by atoms with Crippen LogP contribution >= 0.6 is 0 Å². The van der Waals surface area contributed by atoms with Crippen LogP contribution in [0.1, 0.15) is 51.9 Å². The standard InChI is InChI=1S/C22H35NO8/c1-21(2,3)30-19(24)14-11-16(26-7)18(17(12-14)27-8)29-10-9-28-13-15(23)20(25)31-22(4,5)6/h11-12,15H,9-10,13,23H2,1-8H3. The molecule has 0 bridgehead atoms. The maximum atomic E-state index is 12.4. The summed E-state index contributed by atoms with van der Waals surface area (Å²) in [5.74, 6) is -0.0988. The topological polar surface area (TPSA) is 116 Å². The Morgan fingerprint density at radius 3 is 1.87 bits per heavy atom. The molecule has 1 rings (SSSR count). The number of benzene rings is 1. The van der Waals surface area contributed by atoms with E-state index in [0.717, 1.165) is 0 Å². The highest BCUT2D eigenvalue weighted by Gasteiger charge is 2.23. The number of carbonyl (C=O) groups is 2. The number of hydrogen-bond acceptors (Lipinski definition) is 9. The molecule has 0 aliphatic heterocycles. The van der Waals surface area contributed by atoms with Gasteiger partial charge >= 0.3 is 11.9 Å². The van der Waals surface area contributed by atoms with E-state index in [1.165, 1.54) is 26.4 Å². The molecule has 1 atom stereocenters. The molecule has 31 heavy (non-hydrogen) atoms. The second kappa shape index (κ2) is 11.2. The molecule has 0 saturated heterocycles. The Balaban J connectivity index is 2.70. The number of ether oxygens (including phenoxy) is 6. The van der Waals surface area contributed by atoms with Gasteiger partial charge in [0.25, 0.3) is 0 Å². The van der Waals surface area contributed by atoms with Gasteiger partial charge < -0.3 is 34.2 Å². The predicted molar refractivity (Wildman–Crippen MR) is 115 cm³/mol. The molecule has 0 spiro atoms. The lowest BCUT2D eigenvalue weighted by Gasteiger charge is -2.22. The molecule has 9 nitrogen and oxygen atoms in total. The highest BCUT2D eigenvalue weighted by atomic mass is 16.6. The van der Waals surface area contributed by atoms with Gasteiger partial charge in [-0.25, -0.2) is 4.79 Å². The first kappa shape index (κ1) is 26.5. The molecule has 1 unspecified atom stereocenters. The lowest BCUT2D eigenvalue weighted by molar-refractivity contribution is -0.158. The summed E-state index contributed by atoms with van der Waals surface area (Å²) in [6, 6.07) is 2.15. The van der Waals surface area contributed by atoms with E-state index in [1.807, 2.05) is 0 Å². The van der Waals surface area contributed by atoms with E-state index >= 15 is 0 Å². The summed E-state index contributed by atoms with van der Waals surface area (Å²) in [5.41, 5.74) is 4.80. The van der Waals surface area contributed by atoms with Crippen LogP contribution in [0.2, 0.25) is 0 Å². The van der Waals surface area contributed by atoms with Crippen LogP contribution in [0, 0.1) is 0 Å². The van der Waals surface area contributed by atoms with Crippen LogP contribution in [0.5, 0.6) is 17.2 Å². The van der Waals surface area contributed by atoms with E-state index in [4.69, 9.17) is 34.2 Å². The van der Waals surface area contributed by atoms with E-state index in [1.54, 1.807) is 41.5 Å². The van der Waals surface area contributed by atoms with Crippen LogP contribution < -0.4 is 19.9 Å². The molecule has 0 heterocycles. The van der Waals surface area contributed by atoms with Gasteiger partial charge in [-0.2, -0.15) is 0 Å². The summed E-state index contributed by atoms with van der Waals surface area (Å²) < 4.78 is 32.4. The highest BCUT2D eigenvalue weighted by molar-refractivity contribution is 5.91. The monoisotopic (exact) mass is 441 g/mol. The second-order valence-corrected chi connectivity index (χ2v) is 8.78. The molecule has 0 aromatic heterocycles. The molecule has 2 N–H and O–H groups in total. The van der Waals surface area contributed by atoms with E-state index in [2.05, 4.69) is 0 Å². The first-order valence-electron chi connectivity index (χ1n) is 9.95. The SMILES string of the molecule is COc1cc(C(=O)OC(C)(C)C)cc(OC)c1OCCOCC(N)C(=O)OC(C)(C)C. The fourth-order valence-electron chi connectivity index (χ4n) is 2.34. The first-order chi connectivity index (χ1) is 14.3. The van der Waals surface area contributed by atoms with Gasteiger partial charge in [-0.15, -0.1) is 0 Å². The zero-order valence-corrected chi connectivity index (χ0v) is 19.7. The number of nitrogens with two attached hydrogens (primary N) is 1. The molecule has 1 aromatic rings. The molecule has 0 saturated carbocycles. The Hall–Kier alpha value is -2.52. The Kier molecular flexibility index (Phi) is 9.58. The van der Waals surface area contributed by atoms with Crippen molar-refractivity contribution < 1.29 is 38.0 Å². The van der Waals surface area contributed by atoms with Gasteiger partial charge in [-0.1, -0.05) is 0 Å². The van der Waals surface area contributed by atoms with Gasteiger partial charge in [-0.3, -0.25) is 4.79 Å². The minimum absolute atomic E-state index is 0.00980. The predicted octanol–water partition coefficient (Wildman–Crippen LogP) is 2.72. The molecule has 0 fully saturated rings. The van der Waals surface area contributed by atoms with Crippen molar-refractivity contribution in [2.45, 2.75) is 58.8 Å². The summed E-state index contributed by atoms with van der Waals surface area (Å²) in [4.78, 5) is 24.2. The van der Waals surface area contributed by atoms with Crippen LogP contribution in [0.3, 0.4) is 0 Å². The zero-order valence-electron chi connectivity index (χ0n) is 19.7. The average Bonchev–Trinajstić information content (AvgIpc) is 2.64. The van der Waals surface area contributed by atoms with Gasteiger partial charge in [-0.05, 0) is 53.7 Å². The van der Waals surface area contributed by atoms with E-state index in [0.29, 0.717) is 17.2 Å². The third-order valence-electron chi connectivity index (χ3n) is 3.58. The van der Waals surface area contributed by atoms with E-state index < -0.39 is 29.2 Å². The van der Waals surface area contributed by atoms with Gasteiger partial charge in [0.05, 0.1) is 33.0 Å². The number of esters is 2. The van der Waals surface area contributed by atoms with Crippen molar-refractivity contribution in [3.8, 4) is 17.2 Å². The Morgan fingerprint density at radius 2 is 1.42 bits per heavy atom. The molecule has 9 heteroatoms. The van der Waals surface area contributed by atoms with Crippen LogP contribution in [0.4, 0.5) is 0 Å². The van der Waals surface area contributed by atoms with Crippen LogP contribution in [-0.2, 0) is 19.0 Å². The lowest BCUT2D eigenvalue weighted by Crippen LogP contribution is -2.40. The Bertz CT molecular complexity index is 724. The Morgan fingerprint density at radius 1 is 0.903 bits per heavy atom. The molecule has 0 radical (unpaired) electrons. The molecule has 0 aliphatic carbocycles. The summed E-state index contributed by atoms with van der Waals surface area (Å²) >= 11 is 0. The fourth-order valence-corrected chi connectivity index (χ4v) is 2.34. The summed E-state index contributed by atoms with van der Waals surface area (Å²) in [5, 5.41) is 0. The van der Waals surface area contributed by atoms with E-state index in [9.17, 15) is 9.59 Å². The largest absolute Gasteiger partial charge is 0.493 e. The van der Waals surface area contributed by atoms with Crippen molar-refractivity contribution in [1.82, 2.24) is 0 Å². The number of rotatable bonds is 10. The third-order valence-corrected chi connectivity index (χ3v) is 3.58. The van der Waals surface area contributed by atoms with Gasteiger partial charge in [0, 0.05) is 0 Å². The Labute approximate surface area is 184 Å². The van der Waals surface area contributed by atoms with Gasteiger partial charge in [0.15, 0.2) is 11.5 Å².